The zero-order valence-electron chi connectivity index (χ0n) is 14.9. The molecule has 1 aromatic heterocycles. The van der Waals surface area contributed by atoms with E-state index in [1.165, 1.54) is 19.3 Å². The largest absolute Gasteiger partial charge is 0.493 e. The lowest BCUT2D eigenvalue weighted by atomic mass is 10.1. The molecule has 1 aromatic carbocycles. The second-order valence-corrected chi connectivity index (χ2v) is 5.83. The second kappa shape index (κ2) is 9.61. The Balaban J connectivity index is 2.14. The van der Waals surface area contributed by atoms with E-state index in [0.717, 1.165) is 24.2 Å². The third kappa shape index (κ3) is 5.45. The fourth-order valence-electron chi connectivity index (χ4n) is 2.54. The standard InChI is InChI=1S/C19H26N4O2/c1-3-4-5-6-9-12-25-17-11-8-7-10-14(17)15-13-16(18(24)21-2)23-19(20)22-15/h7-8,10-11,13H,3-6,9,12H2,1-2H3,(H,21,24)(H2,20,22,23). The first-order valence-electron chi connectivity index (χ1n) is 8.74. The average molecular weight is 342 g/mol. The number of benzene rings is 1. The van der Waals surface area contributed by atoms with Gasteiger partial charge in [0.25, 0.3) is 5.91 Å². The molecule has 1 heterocycles. The summed E-state index contributed by atoms with van der Waals surface area (Å²) in [6, 6.07) is 9.25. The summed E-state index contributed by atoms with van der Waals surface area (Å²) in [6.45, 7) is 2.86. The quantitative estimate of drug-likeness (QED) is 0.681. The summed E-state index contributed by atoms with van der Waals surface area (Å²) in [6.07, 6.45) is 5.91. The van der Waals surface area contributed by atoms with Gasteiger partial charge < -0.3 is 15.8 Å². The third-order valence-electron chi connectivity index (χ3n) is 3.87. The van der Waals surface area contributed by atoms with Crippen LogP contribution >= 0.6 is 0 Å². The number of carbonyl (C=O) groups excluding carboxylic acids is 1. The maximum atomic E-state index is 11.8. The van der Waals surface area contributed by atoms with Gasteiger partial charge in [0.2, 0.25) is 5.95 Å². The Morgan fingerprint density at radius 2 is 1.92 bits per heavy atom. The summed E-state index contributed by atoms with van der Waals surface area (Å²) in [4.78, 5) is 20.1. The van der Waals surface area contributed by atoms with Crippen LogP contribution in [0.3, 0.4) is 0 Å². The molecule has 0 unspecified atom stereocenters. The molecular formula is C19H26N4O2. The smallest absolute Gasteiger partial charge is 0.269 e. The third-order valence-corrected chi connectivity index (χ3v) is 3.87. The number of nitrogen functional groups attached to an aromatic ring is 1. The van der Waals surface area contributed by atoms with Crippen LogP contribution in [0.1, 0.15) is 49.5 Å². The van der Waals surface area contributed by atoms with Crippen LogP contribution in [0, 0.1) is 0 Å². The molecule has 0 spiro atoms. The first-order chi connectivity index (χ1) is 12.2. The molecule has 0 bridgehead atoms. The molecule has 6 nitrogen and oxygen atoms in total. The Bertz CT molecular complexity index is 704. The zero-order valence-corrected chi connectivity index (χ0v) is 14.9. The lowest BCUT2D eigenvalue weighted by Crippen LogP contribution is -2.20. The van der Waals surface area contributed by atoms with Crippen molar-refractivity contribution in [3.63, 3.8) is 0 Å². The Morgan fingerprint density at radius 1 is 1.16 bits per heavy atom. The van der Waals surface area contributed by atoms with Gasteiger partial charge in [0.15, 0.2) is 0 Å². The van der Waals surface area contributed by atoms with Gasteiger partial charge in [-0.3, -0.25) is 4.79 Å². The number of para-hydroxylation sites is 1. The minimum Gasteiger partial charge on any atom is -0.493 e. The van der Waals surface area contributed by atoms with E-state index in [2.05, 4.69) is 22.2 Å². The van der Waals surface area contributed by atoms with E-state index in [1.807, 2.05) is 24.3 Å². The Kier molecular flexibility index (Phi) is 7.19. The number of ether oxygens (including phenoxy) is 1. The van der Waals surface area contributed by atoms with Crippen molar-refractivity contribution in [3.8, 4) is 17.0 Å². The summed E-state index contributed by atoms with van der Waals surface area (Å²) < 4.78 is 5.94. The van der Waals surface area contributed by atoms with Gasteiger partial charge in [0.1, 0.15) is 11.4 Å². The minimum absolute atomic E-state index is 0.0606. The fourth-order valence-corrected chi connectivity index (χ4v) is 2.54. The average Bonchev–Trinajstić information content (AvgIpc) is 2.63. The summed E-state index contributed by atoms with van der Waals surface area (Å²) in [5.74, 6) is 0.495. The molecule has 0 aliphatic rings. The van der Waals surface area contributed by atoms with Gasteiger partial charge >= 0.3 is 0 Å². The highest BCUT2D eigenvalue weighted by Gasteiger charge is 2.13. The van der Waals surface area contributed by atoms with Crippen LogP contribution in [0.15, 0.2) is 30.3 Å². The molecule has 0 aliphatic carbocycles. The molecule has 6 heteroatoms. The van der Waals surface area contributed by atoms with E-state index < -0.39 is 0 Å². The summed E-state index contributed by atoms with van der Waals surface area (Å²) in [5, 5.41) is 2.54. The molecule has 1 amide bonds. The topological polar surface area (TPSA) is 90.1 Å². The predicted octanol–water partition coefficient (Wildman–Crippen LogP) is 3.43. The van der Waals surface area contributed by atoms with E-state index >= 15 is 0 Å². The molecule has 0 saturated carbocycles. The van der Waals surface area contributed by atoms with Crippen molar-refractivity contribution >= 4 is 11.9 Å². The van der Waals surface area contributed by atoms with Crippen LogP contribution in [0.4, 0.5) is 5.95 Å². The molecule has 2 aromatic rings. The maximum Gasteiger partial charge on any atom is 0.269 e. The predicted molar refractivity (Wildman–Crippen MR) is 99.5 cm³/mol. The van der Waals surface area contributed by atoms with Crippen LogP contribution in [-0.2, 0) is 0 Å². The van der Waals surface area contributed by atoms with Crippen molar-refractivity contribution in [1.29, 1.82) is 0 Å². The van der Waals surface area contributed by atoms with Crippen molar-refractivity contribution in [2.75, 3.05) is 19.4 Å². The highest BCUT2D eigenvalue weighted by Crippen LogP contribution is 2.29. The molecule has 0 saturated heterocycles. The Morgan fingerprint density at radius 3 is 2.68 bits per heavy atom. The van der Waals surface area contributed by atoms with Gasteiger partial charge in [-0.25, -0.2) is 9.97 Å². The number of hydrogen-bond acceptors (Lipinski definition) is 5. The number of nitrogens with two attached hydrogens (primary N) is 1. The van der Waals surface area contributed by atoms with Crippen LogP contribution in [0.2, 0.25) is 0 Å². The van der Waals surface area contributed by atoms with Crippen LogP contribution in [-0.4, -0.2) is 29.5 Å². The molecule has 2 rings (SSSR count). The number of hydrogen-bond donors (Lipinski definition) is 2. The van der Waals surface area contributed by atoms with Crippen molar-refractivity contribution in [2.24, 2.45) is 0 Å². The maximum absolute atomic E-state index is 11.8. The molecule has 25 heavy (non-hydrogen) atoms. The van der Waals surface area contributed by atoms with E-state index in [0.29, 0.717) is 12.3 Å². The van der Waals surface area contributed by atoms with Gasteiger partial charge in [0, 0.05) is 12.6 Å². The number of nitrogens with zero attached hydrogens (tertiary/aromatic N) is 2. The summed E-state index contributed by atoms with van der Waals surface area (Å²) in [5.41, 5.74) is 7.38. The number of aromatic nitrogens is 2. The minimum atomic E-state index is -0.301. The lowest BCUT2D eigenvalue weighted by Gasteiger charge is -2.12. The molecule has 0 radical (unpaired) electrons. The molecular weight excluding hydrogens is 316 g/mol. The van der Waals surface area contributed by atoms with E-state index in [-0.39, 0.29) is 17.5 Å². The second-order valence-electron chi connectivity index (χ2n) is 5.83. The first kappa shape index (κ1) is 18.7. The Hall–Kier alpha value is -2.63. The number of anilines is 1. The molecule has 0 aliphatic heterocycles. The Labute approximate surface area is 148 Å². The van der Waals surface area contributed by atoms with E-state index in [1.54, 1.807) is 13.1 Å². The number of amides is 1. The van der Waals surface area contributed by atoms with Crippen molar-refractivity contribution in [1.82, 2.24) is 15.3 Å². The lowest BCUT2D eigenvalue weighted by molar-refractivity contribution is 0.0958. The van der Waals surface area contributed by atoms with Gasteiger partial charge in [-0.1, -0.05) is 44.7 Å². The molecule has 134 valence electrons. The summed E-state index contributed by atoms with van der Waals surface area (Å²) in [7, 11) is 1.55. The molecule has 0 atom stereocenters. The number of rotatable bonds is 9. The monoisotopic (exact) mass is 342 g/mol. The highest BCUT2D eigenvalue weighted by atomic mass is 16.5. The van der Waals surface area contributed by atoms with E-state index in [4.69, 9.17) is 10.5 Å². The number of unbranched alkanes of at least 4 members (excludes halogenated alkanes) is 4. The molecule has 3 N–H and O–H groups in total. The number of carbonyl (C=O) groups is 1. The first-order valence-corrected chi connectivity index (χ1v) is 8.74. The van der Waals surface area contributed by atoms with Crippen molar-refractivity contribution < 1.29 is 9.53 Å². The summed E-state index contributed by atoms with van der Waals surface area (Å²) >= 11 is 0. The molecule has 0 fully saturated rings. The van der Waals surface area contributed by atoms with Crippen molar-refractivity contribution in [3.05, 3.63) is 36.0 Å². The van der Waals surface area contributed by atoms with Gasteiger partial charge in [0.05, 0.1) is 12.3 Å². The van der Waals surface area contributed by atoms with Crippen LogP contribution in [0.25, 0.3) is 11.3 Å². The number of nitrogens with one attached hydrogen (secondary N) is 1. The van der Waals surface area contributed by atoms with Crippen molar-refractivity contribution in [2.45, 2.75) is 39.0 Å². The fraction of sp³-hybridized carbons (Fsp3) is 0.421. The normalized spacial score (nSPS) is 10.5. The highest BCUT2D eigenvalue weighted by molar-refractivity contribution is 5.93. The van der Waals surface area contributed by atoms with Gasteiger partial charge in [-0.05, 0) is 24.6 Å². The zero-order chi connectivity index (χ0) is 18.1. The van der Waals surface area contributed by atoms with Gasteiger partial charge in [-0.2, -0.15) is 0 Å². The SMILES string of the molecule is CCCCCCCOc1ccccc1-c1cc(C(=O)NC)nc(N)n1. The van der Waals surface area contributed by atoms with E-state index in [9.17, 15) is 4.79 Å². The van der Waals surface area contributed by atoms with Crippen LogP contribution in [0.5, 0.6) is 5.75 Å². The van der Waals surface area contributed by atoms with Gasteiger partial charge in [-0.15, -0.1) is 0 Å². The van der Waals surface area contributed by atoms with Crippen LogP contribution < -0.4 is 15.8 Å².